The van der Waals surface area contributed by atoms with Crippen molar-refractivity contribution in [3.8, 4) is 0 Å². The summed E-state index contributed by atoms with van der Waals surface area (Å²) in [5, 5.41) is 8.53. The zero-order valence-electron chi connectivity index (χ0n) is 11.1. The molecule has 20 heavy (non-hydrogen) atoms. The highest BCUT2D eigenvalue weighted by atomic mass is 19.1. The Kier molecular flexibility index (Phi) is 5.06. The minimum atomic E-state index is -0.377. The Morgan fingerprint density at radius 1 is 1.20 bits per heavy atom. The molecule has 1 heterocycles. The largest absolute Gasteiger partial charge is 0.353 e. The molecule has 1 aliphatic heterocycles. The van der Waals surface area contributed by atoms with E-state index in [-0.39, 0.29) is 23.7 Å². The van der Waals surface area contributed by atoms with E-state index in [0.717, 1.165) is 19.4 Å². The fourth-order valence-electron chi connectivity index (χ4n) is 2.10. The number of halogens is 1. The van der Waals surface area contributed by atoms with Crippen molar-refractivity contribution in [1.29, 1.82) is 0 Å². The van der Waals surface area contributed by atoms with E-state index in [1.165, 1.54) is 24.3 Å². The minimum Gasteiger partial charge on any atom is -0.353 e. The van der Waals surface area contributed by atoms with Gasteiger partial charge in [-0.1, -0.05) is 0 Å². The monoisotopic (exact) mass is 279 g/mol. The number of rotatable bonds is 5. The van der Waals surface area contributed by atoms with Crippen molar-refractivity contribution in [2.24, 2.45) is 0 Å². The maximum atomic E-state index is 12.7. The molecule has 1 unspecified atom stereocenters. The topological polar surface area (TPSA) is 70.2 Å². The lowest BCUT2D eigenvalue weighted by Crippen LogP contribution is -2.43. The van der Waals surface area contributed by atoms with Crippen LogP contribution in [0.25, 0.3) is 0 Å². The van der Waals surface area contributed by atoms with Crippen LogP contribution < -0.4 is 16.0 Å². The molecule has 108 valence electrons. The maximum Gasteiger partial charge on any atom is 0.251 e. The van der Waals surface area contributed by atoms with Crippen molar-refractivity contribution >= 4 is 11.8 Å². The fourth-order valence-corrected chi connectivity index (χ4v) is 2.10. The van der Waals surface area contributed by atoms with Crippen LogP contribution in [0, 0.1) is 5.82 Å². The van der Waals surface area contributed by atoms with Gasteiger partial charge in [0.2, 0.25) is 5.91 Å². The predicted octanol–water partition coefficient (Wildman–Crippen LogP) is 0.424. The van der Waals surface area contributed by atoms with Crippen LogP contribution in [-0.4, -0.2) is 37.5 Å². The normalized spacial score (nSPS) is 17.8. The molecule has 1 saturated heterocycles. The van der Waals surface area contributed by atoms with Gasteiger partial charge in [-0.2, -0.15) is 0 Å². The summed E-state index contributed by atoms with van der Waals surface area (Å²) in [6.07, 6.45) is 1.87. The number of benzene rings is 1. The second-order valence-corrected chi connectivity index (χ2v) is 4.70. The quantitative estimate of drug-likeness (QED) is 0.684. The Morgan fingerprint density at radius 3 is 2.55 bits per heavy atom. The first kappa shape index (κ1) is 14.5. The van der Waals surface area contributed by atoms with E-state index in [0.29, 0.717) is 18.7 Å². The molecule has 0 aliphatic carbocycles. The zero-order valence-corrected chi connectivity index (χ0v) is 11.1. The van der Waals surface area contributed by atoms with Crippen LogP contribution in [0.5, 0.6) is 0 Å². The second kappa shape index (κ2) is 7.00. The molecule has 2 rings (SSSR count). The third kappa shape index (κ3) is 4.03. The van der Waals surface area contributed by atoms with E-state index in [2.05, 4.69) is 16.0 Å². The van der Waals surface area contributed by atoms with Gasteiger partial charge in [-0.15, -0.1) is 0 Å². The van der Waals surface area contributed by atoms with Crippen molar-refractivity contribution in [1.82, 2.24) is 16.0 Å². The Balaban J connectivity index is 1.66. The third-order valence-electron chi connectivity index (χ3n) is 3.19. The average molecular weight is 279 g/mol. The van der Waals surface area contributed by atoms with Crippen LogP contribution in [0.3, 0.4) is 0 Å². The Bertz CT molecular complexity index is 470. The summed E-state index contributed by atoms with van der Waals surface area (Å²) in [5.74, 6) is -0.686. The smallest absolute Gasteiger partial charge is 0.251 e. The minimum absolute atomic E-state index is 0.0291. The molecule has 0 saturated carbocycles. The van der Waals surface area contributed by atoms with Crippen LogP contribution in [0.4, 0.5) is 4.39 Å². The summed E-state index contributed by atoms with van der Waals surface area (Å²) in [5.41, 5.74) is 0.398. The molecular formula is C14H18FN3O2. The van der Waals surface area contributed by atoms with E-state index in [4.69, 9.17) is 0 Å². The molecule has 0 spiro atoms. The summed E-state index contributed by atoms with van der Waals surface area (Å²) >= 11 is 0. The molecule has 1 aromatic rings. The van der Waals surface area contributed by atoms with E-state index in [9.17, 15) is 14.0 Å². The number of nitrogens with one attached hydrogen (secondary N) is 3. The van der Waals surface area contributed by atoms with Gasteiger partial charge in [0.15, 0.2) is 0 Å². The van der Waals surface area contributed by atoms with Crippen LogP contribution >= 0.6 is 0 Å². The molecule has 2 amide bonds. The van der Waals surface area contributed by atoms with Crippen molar-refractivity contribution in [2.45, 2.75) is 18.9 Å². The SMILES string of the molecule is O=C(NCCNC(=O)C1CCCN1)c1ccc(F)cc1. The summed E-state index contributed by atoms with van der Waals surface area (Å²) in [6.45, 7) is 1.60. The van der Waals surface area contributed by atoms with Gasteiger partial charge in [0.1, 0.15) is 5.82 Å². The van der Waals surface area contributed by atoms with Crippen molar-refractivity contribution in [3.63, 3.8) is 0 Å². The van der Waals surface area contributed by atoms with Crippen LogP contribution in [0.2, 0.25) is 0 Å². The first-order chi connectivity index (χ1) is 9.66. The lowest BCUT2D eigenvalue weighted by Gasteiger charge is -2.11. The molecular weight excluding hydrogens is 261 g/mol. The standard InChI is InChI=1S/C14H18FN3O2/c15-11-5-3-10(4-6-11)13(19)17-8-9-18-14(20)12-2-1-7-16-12/h3-6,12,16H,1-2,7-9H2,(H,17,19)(H,18,20). The highest BCUT2D eigenvalue weighted by Crippen LogP contribution is 2.04. The number of amides is 2. The Morgan fingerprint density at radius 2 is 1.90 bits per heavy atom. The Hall–Kier alpha value is -1.95. The molecule has 3 N–H and O–H groups in total. The zero-order chi connectivity index (χ0) is 14.4. The summed E-state index contributed by atoms with van der Waals surface area (Å²) in [7, 11) is 0. The van der Waals surface area contributed by atoms with Crippen molar-refractivity contribution < 1.29 is 14.0 Å². The first-order valence-corrected chi connectivity index (χ1v) is 6.71. The van der Waals surface area contributed by atoms with Gasteiger partial charge in [0.05, 0.1) is 6.04 Å². The lowest BCUT2D eigenvalue weighted by molar-refractivity contribution is -0.122. The van der Waals surface area contributed by atoms with Gasteiger partial charge < -0.3 is 16.0 Å². The molecule has 0 aromatic heterocycles. The predicted molar refractivity (Wildman–Crippen MR) is 72.8 cm³/mol. The molecule has 1 aromatic carbocycles. The Labute approximate surface area is 116 Å². The van der Waals surface area contributed by atoms with Crippen LogP contribution in [0.1, 0.15) is 23.2 Å². The molecule has 6 heteroatoms. The fraction of sp³-hybridized carbons (Fsp3) is 0.429. The van der Waals surface area contributed by atoms with Gasteiger partial charge in [-0.05, 0) is 43.7 Å². The molecule has 1 fully saturated rings. The third-order valence-corrected chi connectivity index (χ3v) is 3.19. The molecule has 1 atom stereocenters. The van der Waals surface area contributed by atoms with E-state index in [1.807, 2.05) is 0 Å². The highest BCUT2D eigenvalue weighted by molar-refractivity contribution is 5.94. The number of hydrogen-bond donors (Lipinski definition) is 3. The van der Waals surface area contributed by atoms with Crippen molar-refractivity contribution in [2.75, 3.05) is 19.6 Å². The maximum absolute atomic E-state index is 12.7. The van der Waals surface area contributed by atoms with Crippen molar-refractivity contribution in [3.05, 3.63) is 35.6 Å². The van der Waals surface area contributed by atoms with Gasteiger partial charge in [-0.25, -0.2) is 4.39 Å². The molecule has 0 radical (unpaired) electrons. The molecule has 0 bridgehead atoms. The number of hydrogen-bond acceptors (Lipinski definition) is 3. The van der Waals surface area contributed by atoms with Gasteiger partial charge in [0, 0.05) is 18.7 Å². The lowest BCUT2D eigenvalue weighted by atomic mass is 10.2. The van der Waals surface area contributed by atoms with Crippen LogP contribution in [-0.2, 0) is 4.79 Å². The average Bonchev–Trinajstić information content (AvgIpc) is 2.98. The number of carbonyl (C=O) groups excluding carboxylic acids is 2. The summed E-state index contributed by atoms with van der Waals surface area (Å²) < 4.78 is 12.7. The van der Waals surface area contributed by atoms with E-state index >= 15 is 0 Å². The van der Waals surface area contributed by atoms with Gasteiger partial charge >= 0.3 is 0 Å². The van der Waals surface area contributed by atoms with Gasteiger partial charge in [0.25, 0.3) is 5.91 Å². The molecule has 5 nitrogen and oxygen atoms in total. The van der Waals surface area contributed by atoms with Crippen LogP contribution in [0.15, 0.2) is 24.3 Å². The van der Waals surface area contributed by atoms with E-state index in [1.54, 1.807) is 0 Å². The number of carbonyl (C=O) groups is 2. The second-order valence-electron chi connectivity index (χ2n) is 4.70. The highest BCUT2D eigenvalue weighted by Gasteiger charge is 2.21. The first-order valence-electron chi connectivity index (χ1n) is 6.71. The molecule has 1 aliphatic rings. The summed E-state index contributed by atoms with van der Waals surface area (Å²) in [6, 6.07) is 5.21. The van der Waals surface area contributed by atoms with E-state index < -0.39 is 0 Å². The summed E-state index contributed by atoms with van der Waals surface area (Å²) in [4.78, 5) is 23.4. The van der Waals surface area contributed by atoms with Gasteiger partial charge in [-0.3, -0.25) is 9.59 Å².